The van der Waals surface area contributed by atoms with Gasteiger partial charge in [0.1, 0.15) is 0 Å². The first-order chi connectivity index (χ1) is 10.8. The molecule has 0 fully saturated rings. The van der Waals surface area contributed by atoms with Gasteiger partial charge < -0.3 is 24.8 Å². The molecule has 0 bridgehead atoms. The normalized spacial score (nSPS) is 12.8. The van der Waals surface area contributed by atoms with E-state index in [1.165, 1.54) is 4.90 Å². The lowest BCUT2D eigenvalue weighted by Crippen LogP contribution is -2.43. The molecule has 1 aliphatic heterocycles. The van der Waals surface area contributed by atoms with Crippen molar-refractivity contribution < 1.29 is 24.2 Å². The number of carbonyl (C=O) groups excluding carboxylic acids is 1. The van der Waals surface area contributed by atoms with Gasteiger partial charge in [-0.25, -0.2) is 4.79 Å². The Bertz CT molecular complexity index is 600. The van der Waals surface area contributed by atoms with Crippen LogP contribution in [0.3, 0.4) is 0 Å². The van der Waals surface area contributed by atoms with Crippen LogP contribution >= 0.6 is 0 Å². The molecule has 2 amide bonds. The zero-order valence-electron chi connectivity index (χ0n) is 13.6. The topological polar surface area (TPSA) is 88.1 Å². The third-order valence-corrected chi connectivity index (χ3v) is 3.84. The predicted octanol–water partition coefficient (Wildman–Crippen LogP) is 1.81. The van der Waals surface area contributed by atoms with Crippen molar-refractivity contribution in [2.75, 3.05) is 26.9 Å². The van der Waals surface area contributed by atoms with Gasteiger partial charge in [0.05, 0.1) is 6.42 Å². The Morgan fingerprint density at radius 2 is 2.00 bits per heavy atom. The van der Waals surface area contributed by atoms with E-state index in [0.29, 0.717) is 12.3 Å². The number of fused-ring (bicyclic) bond motifs is 1. The standard InChI is InChI=1S/C16H22N2O5/c1-16(2,9-17-15(21)18(3)7-6-14(19)20)11-4-5-12-13(8-11)23-10-22-12/h4-5,8H,6-7,9-10H2,1-3H3,(H,17,21)(H,19,20). The van der Waals surface area contributed by atoms with Crippen molar-refractivity contribution in [3.8, 4) is 11.5 Å². The van der Waals surface area contributed by atoms with Gasteiger partial charge in [-0.3, -0.25) is 4.79 Å². The molecule has 0 spiro atoms. The molecule has 1 heterocycles. The van der Waals surface area contributed by atoms with Gasteiger partial charge >= 0.3 is 12.0 Å². The predicted molar refractivity (Wildman–Crippen MR) is 83.9 cm³/mol. The molecule has 1 aromatic rings. The Kier molecular flexibility index (Phi) is 4.98. The van der Waals surface area contributed by atoms with Crippen molar-refractivity contribution in [2.45, 2.75) is 25.7 Å². The number of rotatable bonds is 6. The van der Waals surface area contributed by atoms with Crippen LogP contribution in [0.5, 0.6) is 11.5 Å². The molecule has 7 heteroatoms. The van der Waals surface area contributed by atoms with Crippen LogP contribution < -0.4 is 14.8 Å². The molecule has 0 unspecified atom stereocenters. The Hall–Kier alpha value is -2.44. The zero-order valence-corrected chi connectivity index (χ0v) is 13.6. The Morgan fingerprint density at radius 3 is 2.70 bits per heavy atom. The summed E-state index contributed by atoms with van der Waals surface area (Å²) in [6, 6.07) is 5.44. The number of carboxylic acids is 1. The van der Waals surface area contributed by atoms with Gasteiger partial charge in [-0.2, -0.15) is 0 Å². The minimum absolute atomic E-state index is 0.0739. The van der Waals surface area contributed by atoms with E-state index < -0.39 is 5.97 Å². The van der Waals surface area contributed by atoms with Gasteiger partial charge in [-0.1, -0.05) is 19.9 Å². The van der Waals surface area contributed by atoms with Gasteiger partial charge in [0.25, 0.3) is 0 Å². The number of hydrogen-bond acceptors (Lipinski definition) is 4. The maximum absolute atomic E-state index is 12.0. The fraction of sp³-hybridized carbons (Fsp3) is 0.500. The van der Waals surface area contributed by atoms with Gasteiger partial charge in [0, 0.05) is 25.6 Å². The highest BCUT2D eigenvalue weighted by Crippen LogP contribution is 2.36. The molecular weight excluding hydrogens is 300 g/mol. The number of aliphatic carboxylic acids is 1. The highest BCUT2D eigenvalue weighted by molar-refractivity contribution is 5.75. The number of urea groups is 1. The molecule has 0 aliphatic carbocycles. The van der Waals surface area contributed by atoms with Crippen molar-refractivity contribution in [1.82, 2.24) is 10.2 Å². The van der Waals surface area contributed by atoms with Crippen molar-refractivity contribution in [1.29, 1.82) is 0 Å². The lowest BCUT2D eigenvalue weighted by Gasteiger charge is -2.27. The number of nitrogens with one attached hydrogen (secondary N) is 1. The molecule has 1 aromatic carbocycles. The van der Waals surface area contributed by atoms with Crippen LogP contribution in [0.1, 0.15) is 25.8 Å². The molecule has 1 aliphatic rings. The smallest absolute Gasteiger partial charge is 0.317 e. The van der Waals surface area contributed by atoms with Crippen LogP contribution in [0.2, 0.25) is 0 Å². The van der Waals surface area contributed by atoms with Crippen LogP contribution in [0, 0.1) is 0 Å². The second-order valence-electron chi connectivity index (χ2n) is 6.18. The van der Waals surface area contributed by atoms with E-state index in [-0.39, 0.29) is 31.2 Å². The molecule has 2 N–H and O–H groups in total. The Labute approximate surface area is 135 Å². The van der Waals surface area contributed by atoms with Crippen molar-refractivity contribution in [3.05, 3.63) is 23.8 Å². The number of benzene rings is 1. The maximum atomic E-state index is 12.0. The monoisotopic (exact) mass is 322 g/mol. The minimum atomic E-state index is -0.926. The highest BCUT2D eigenvalue weighted by atomic mass is 16.7. The van der Waals surface area contributed by atoms with Crippen molar-refractivity contribution in [3.63, 3.8) is 0 Å². The van der Waals surface area contributed by atoms with E-state index in [9.17, 15) is 9.59 Å². The molecular formula is C16H22N2O5. The fourth-order valence-corrected chi connectivity index (χ4v) is 2.22. The van der Waals surface area contributed by atoms with E-state index >= 15 is 0 Å². The number of carboxylic acid groups (broad SMARTS) is 1. The first-order valence-corrected chi connectivity index (χ1v) is 7.40. The highest BCUT2D eigenvalue weighted by Gasteiger charge is 2.25. The summed E-state index contributed by atoms with van der Waals surface area (Å²) in [7, 11) is 1.58. The van der Waals surface area contributed by atoms with Crippen LogP contribution in [0.15, 0.2) is 18.2 Å². The minimum Gasteiger partial charge on any atom is -0.481 e. The number of ether oxygens (including phenoxy) is 2. The SMILES string of the molecule is CN(CCC(=O)O)C(=O)NCC(C)(C)c1ccc2c(c1)OCO2. The first-order valence-electron chi connectivity index (χ1n) is 7.40. The van der Waals surface area contributed by atoms with Crippen LogP contribution in [-0.4, -0.2) is 48.9 Å². The molecule has 0 atom stereocenters. The molecule has 0 saturated carbocycles. The molecule has 0 saturated heterocycles. The van der Waals surface area contributed by atoms with Gasteiger partial charge in [0.2, 0.25) is 6.79 Å². The summed E-state index contributed by atoms with van der Waals surface area (Å²) < 4.78 is 10.7. The molecule has 23 heavy (non-hydrogen) atoms. The van der Waals surface area contributed by atoms with E-state index in [4.69, 9.17) is 14.6 Å². The van der Waals surface area contributed by atoms with Crippen LogP contribution in [0.4, 0.5) is 4.79 Å². The number of hydrogen-bond donors (Lipinski definition) is 2. The summed E-state index contributed by atoms with van der Waals surface area (Å²) in [6.07, 6.45) is -0.0739. The Morgan fingerprint density at radius 1 is 1.30 bits per heavy atom. The van der Waals surface area contributed by atoms with E-state index in [2.05, 4.69) is 5.32 Å². The molecule has 0 aromatic heterocycles. The second kappa shape index (κ2) is 6.76. The maximum Gasteiger partial charge on any atom is 0.317 e. The lowest BCUT2D eigenvalue weighted by molar-refractivity contribution is -0.137. The Balaban J connectivity index is 1.93. The average Bonchev–Trinajstić information content (AvgIpc) is 2.97. The lowest BCUT2D eigenvalue weighted by atomic mass is 9.84. The molecule has 7 nitrogen and oxygen atoms in total. The van der Waals surface area contributed by atoms with Crippen molar-refractivity contribution >= 4 is 12.0 Å². The summed E-state index contributed by atoms with van der Waals surface area (Å²) in [5, 5.41) is 11.5. The third-order valence-electron chi connectivity index (χ3n) is 3.84. The quantitative estimate of drug-likeness (QED) is 0.834. The molecule has 2 rings (SSSR count). The number of carbonyl (C=O) groups is 2. The summed E-state index contributed by atoms with van der Waals surface area (Å²) in [6.45, 7) is 4.85. The van der Waals surface area contributed by atoms with Crippen LogP contribution in [-0.2, 0) is 10.2 Å². The van der Waals surface area contributed by atoms with Crippen molar-refractivity contribution in [2.24, 2.45) is 0 Å². The molecule has 0 radical (unpaired) electrons. The summed E-state index contributed by atoms with van der Waals surface area (Å²) in [4.78, 5) is 23.9. The first kappa shape index (κ1) is 16.9. The van der Waals surface area contributed by atoms with E-state index in [1.54, 1.807) is 7.05 Å². The summed E-state index contributed by atoms with van der Waals surface area (Å²) >= 11 is 0. The van der Waals surface area contributed by atoms with Gasteiger partial charge in [-0.15, -0.1) is 0 Å². The van der Waals surface area contributed by atoms with Gasteiger partial charge in [0.15, 0.2) is 11.5 Å². The summed E-state index contributed by atoms with van der Waals surface area (Å²) in [5.74, 6) is 0.507. The third kappa shape index (κ3) is 4.28. The van der Waals surface area contributed by atoms with Crippen LogP contribution in [0.25, 0.3) is 0 Å². The summed E-state index contributed by atoms with van der Waals surface area (Å²) in [5.41, 5.74) is 0.722. The largest absolute Gasteiger partial charge is 0.481 e. The number of amides is 2. The van der Waals surface area contributed by atoms with E-state index in [0.717, 1.165) is 11.3 Å². The van der Waals surface area contributed by atoms with Gasteiger partial charge in [-0.05, 0) is 17.7 Å². The second-order valence-corrected chi connectivity index (χ2v) is 6.18. The molecule has 126 valence electrons. The number of nitrogens with zero attached hydrogens (tertiary/aromatic N) is 1. The fourth-order valence-electron chi connectivity index (χ4n) is 2.22. The average molecular weight is 322 g/mol. The zero-order chi connectivity index (χ0) is 17.0. The van der Waals surface area contributed by atoms with E-state index in [1.807, 2.05) is 32.0 Å².